The van der Waals surface area contributed by atoms with Gasteiger partial charge in [-0.25, -0.2) is 9.66 Å². The molecule has 0 aliphatic carbocycles. The summed E-state index contributed by atoms with van der Waals surface area (Å²) in [5, 5.41) is 2.27. The average Bonchev–Trinajstić information content (AvgIpc) is 2.78. The molecule has 0 N–H and O–H groups in total. The zero-order valence-electron chi connectivity index (χ0n) is 12.3. The highest BCUT2D eigenvalue weighted by atomic mass is 35.5. The van der Waals surface area contributed by atoms with Gasteiger partial charge in [-0.05, 0) is 38.6 Å². The predicted molar refractivity (Wildman–Crippen MR) is 84.2 cm³/mol. The summed E-state index contributed by atoms with van der Waals surface area (Å²) in [5.41, 5.74) is 3.44. The van der Waals surface area contributed by atoms with Crippen molar-refractivity contribution in [2.75, 3.05) is 38.2 Å². The van der Waals surface area contributed by atoms with Crippen LogP contribution in [0.2, 0.25) is 0 Å². The van der Waals surface area contributed by atoms with E-state index in [1.807, 2.05) is 6.92 Å². The summed E-state index contributed by atoms with van der Waals surface area (Å²) < 4.78 is 2.23. The van der Waals surface area contributed by atoms with Crippen LogP contribution in [0.1, 0.15) is 23.7 Å². The molecule has 1 fully saturated rings. The van der Waals surface area contributed by atoms with E-state index in [4.69, 9.17) is 16.6 Å². The monoisotopic (exact) mass is 292 g/mol. The van der Waals surface area contributed by atoms with Crippen LogP contribution in [-0.2, 0) is 0 Å². The summed E-state index contributed by atoms with van der Waals surface area (Å²) in [5.74, 6) is 0.941. The molecule has 1 saturated heterocycles. The molecule has 2 aromatic rings. The first-order valence-corrected chi connectivity index (χ1v) is 7.57. The lowest BCUT2D eigenvalue weighted by Gasteiger charge is -2.36. The smallest absolute Gasteiger partial charge is 0.146 e. The van der Waals surface area contributed by atoms with Crippen LogP contribution in [0.25, 0.3) is 11.0 Å². The number of aryl methyl sites for hydroxylation is 1. The summed E-state index contributed by atoms with van der Waals surface area (Å²) in [6.07, 6.45) is 0. The largest absolute Gasteiger partial charge is 0.308 e. The van der Waals surface area contributed by atoms with E-state index in [0.29, 0.717) is 0 Å². The SMILES string of the molecule is Cc1ccc2nc(C(C)Cl)n(N3CCN(C)CC3)c2c1. The Hall–Kier alpha value is -1.26. The Morgan fingerprint density at radius 1 is 1.20 bits per heavy atom. The lowest BCUT2D eigenvalue weighted by Crippen LogP contribution is -2.50. The summed E-state index contributed by atoms with van der Waals surface area (Å²) in [6, 6.07) is 6.38. The third kappa shape index (κ3) is 2.38. The van der Waals surface area contributed by atoms with Crippen molar-refractivity contribution in [3.8, 4) is 0 Å². The second-order valence-electron chi connectivity index (χ2n) is 5.65. The number of hydrogen-bond acceptors (Lipinski definition) is 3. The van der Waals surface area contributed by atoms with E-state index < -0.39 is 0 Å². The molecule has 0 radical (unpaired) electrons. The minimum Gasteiger partial charge on any atom is -0.308 e. The quantitative estimate of drug-likeness (QED) is 0.795. The van der Waals surface area contributed by atoms with Gasteiger partial charge in [0.1, 0.15) is 5.82 Å². The molecular weight excluding hydrogens is 272 g/mol. The van der Waals surface area contributed by atoms with E-state index in [-0.39, 0.29) is 5.38 Å². The third-order valence-corrected chi connectivity index (χ3v) is 4.12. The Balaban J connectivity index is 2.10. The highest BCUT2D eigenvalue weighted by molar-refractivity contribution is 6.20. The first kappa shape index (κ1) is 13.7. The van der Waals surface area contributed by atoms with Gasteiger partial charge in [-0.2, -0.15) is 0 Å². The average molecular weight is 293 g/mol. The van der Waals surface area contributed by atoms with Crippen molar-refractivity contribution < 1.29 is 0 Å². The zero-order valence-corrected chi connectivity index (χ0v) is 13.1. The number of likely N-dealkylation sites (N-methyl/N-ethyl adjacent to an activating group) is 1. The van der Waals surface area contributed by atoms with Gasteiger partial charge in [-0.3, -0.25) is 0 Å². The number of fused-ring (bicyclic) bond motifs is 1. The Morgan fingerprint density at radius 2 is 1.90 bits per heavy atom. The van der Waals surface area contributed by atoms with Gasteiger partial charge in [-0.15, -0.1) is 11.6 Å². The number of benzene rings is 1. The number of aromatic nitrogens is 2. The number of hydrogen-bond donors (Lipinski definition) is 0. The van der Waals surface area contributed by atoms with Gasteiger partial charge in [0, 0.05) is 26.2 Å². The van der Waals surface area contributed by atoms with Crippen LogP contribution in [0.5, 0.6) is 0 Å². The molecule has 108 valence electrons. The van der Waals surface area contributed by atoms with Crippen molar-refractivity contribution in [3.05, 3.63) is 29.6 Å². The fourth-order valence-electron chi connectivity index (χ4n) is 2.74. The zero-order chi connectivity index (χ0) is 14.3. The lowest BCUT2D eigenvalue weighted by molar-refractivity contribution is 0.287. The minimum atomic E-state index is -0.0950. The van der Waals surface area contributed by atoms with Gasteiger partial charge < -0.3 is 9.91 Å². The number of piperazine rings is 1. The maximum absolute atomic E-state index is 6.35. The Kier molecular flexibility index (Phi) is 3.61. The molecule has 2 heterocycles. The molecule has 1 unspecified atom stereocenters. The second kappa shape index (κ2) is 5.26. The molecule has 5 heteroatoms. The molecule has 1 aliphatic rings. The summed E-state index contributed by atoms with van der Waals surface area (Å²) >= 11 is 6.35. The number of imidazole rings is 1. The first-order valence-electron chi connectivity index (χ1n) is 7.13. The van der Waals surface area contributed by atoms with E-state index in [1.165, 1.54) is 5.56 Å². The molecule has 1 aliphatic heterocycles. The van der Waals surface area contributed by atoms with Crippen molar-refractivity contribution in [1.82, 2.24) is 14.6 Å². The van der Waals surface area contributed by atoms with Crippen LogP contribution < -0.4 is 5.01 Å². The van der Waals surface area contributed by atoms with Crippen LogP contribution in [0, 0.1) is 6.92 Å². The van der Waals surface area contributed by atoms with Crippen molar-refractivity contribution in [3.63, 3.8) is 0 Å². The molecule has 3 rings (SSSR count). The maximum Gasteiger partial charge on any atom is 0.146 e. The number of halogens is 1. The topological polar surface area (TPSA) is 24.3 Å². The Bertz CT molecular complexity index is 612. The van der Waals surface area contributed by atoms with E-state index in [9.17, 15) is 0 Å². The molecule has 1 atom stereocenters. The van der Waals surface area contributed by atoms with Crippen LogP contribution in [-0.4, -0.2) is 47.8 Å². The Labute approximate surface area is 124 Å². The highest BCUT2D eigenvalue weighted by Crippen LogP contribution is 2.26. The molecule has 0 saturated carbocycles. The lowest BCUT2D eigenvalue weighted by atomic mass is 10.2. The molecule has 0 spiro atoms. The van der Waals surface area contributed by atoms with Crippen molar-refractivity contribution in [1.29, 1.82) is 0 Å². The standard InChI is InChI=1S/C15H21ClN4/c1-11-4-5-13-14(10-11)20(15(17-13)12(2)16)19-8-6-18(3)7-9-19/h4-5,10,12H,6-9H2,1-3H3. The van der Waals surface area contributed by atoms with Gasteiger partial charge in [-0.1, -0.05) is 6.07 Å². The molecule has 1 aromatic heterocycles. The van der Waals surface area contributed by atoms with Gasteiger partial charge in [0.15, 0.2) is 0 Å². The summed E-state index contributed by atoms with van der Waals surface area (Å²) in [4.78, 5) is 7.08. The summed E-state index contributed by atoms with van der Waals surface area (Å²) in [7, 11) is 2.17. The normalized spacial score (nSPS) is 18.7. The maximum atomic E-state index is 6.35. The van der Waals surface area contributed by atoms with Crippen molar-refractivity contribution in [2.45, 2.75) is 19.2 Å². The number of rotatable bonds is 2. The third-order valence-electron chi connectivity index (χ3n) is 3.93. The fourth-order valence-corrected chi connectivity index (χ4v) is 2.88. The Morgan fingerprint density at radius 3 is 2.55 bits per heavy atom. The fraction of sp³-hybridized carbons (Fsp3) is 0.533. The molecule has 0 amide bonds. The van der Waals surface area contributed by atoms with Crippen molar-refractivity contribution >= 4 is 22.6 Å². The molecule has 20 heavy (non-hydrogen) atoms. The number of alkyl halides is 1. The van der Waals surface area contributed by atoms with Crippen LogP contribution >= 0.6 is 11.6 Å². The van der Waals surface area contributed by atoms with Gasteiger partial charge in [0.25, 0.3) is 0 Å². The molecule has 4 nitrogen and oxygen atoms in total. The minimum absolute atomic E-state index is 0.0950. The van der Waals surface area contributed by atoms with Crippen LogP contribution in [0.15, 0.2) is 18.2 Å². The molecule has 0 bridgehead atoms. The van der Waals surface area contributed by atoms with E-state index in [0.717, 1.165) is 43.0 Å². The summed E-state index contributed by atoms with van der Waals surface area (Å²) in [6.45, 7) is 8.26. The van der Waals surface area contributed by atoms with Gasteiger partial charge in [0.2, 0.25) is 0 Å². The van der Waals surface area contributed by atoms with Gasteiger partial charge >= 0.3 is 0 Å². The first-order chi connectivity index (χ1) is 9.56. The van der Waals surface area contributed by atoms with Crippen LogP contribution in [0.3, 0.4) is 0 Å². The van der Waals surface area contributed by atoms with Crippen LogP contribution in [0.4, 0.5) is 0 Å². The second-order valence-corrected chi connectivity index (χ2v) is 6.30. The van der Waals surface area contributed by atoms with E-state index >= 15 is 0 Å². The van der Waals surface area contributed by atoms with Gasteiger partial charge in [0.05, 0.1) is 16.4 Å². The number of nitrogens with zero attached hydrogens (tertiary/aromatic N) is 4. The predicted octanol–water partition coefficient (Wildman–Crippen LogP) is 2.53. The van der Waals surface area contributed by atoms with E-state index in [1.54, 1.807) is 0 Å². The van der Waals surface area contributed by atoms with E-state index in [2.05, 4.69) is 46.8 Å². The highest BCUT2D eigenvalue weighted by Gasteiger charge is 2.22. The molecule has 1 aromatic carbocycles. The van der Waals surface area contributed by atoms with Crippen molar-refractivity contribution in [2.24, 2.45) is 0 Å². The molecular formula is C15H21ClN4.